The molecule has 3 aromatic carbocycles. The number of rotatable bonds is 7. The third-order valence-corrected chi connectivity index (χ3v) is 7.88. The number of thiophene rings is 1. The van der Waals surface area contributed by atoms with Gasteiger partial charge in [0.25, 0.3) is 0 Å². The summed E-state index contributed by atoms with van der Waals surface area (Å²) in [5.74, 6) is -0.932. The second-order valence-electron chi connectivity index (χ2n) is 10.8. The molecule has 1 unspecified atom stereocenters. The highest BCUT2D eigenvalue weighted by atomic mass is 32.1. The van der Waals surface area contributed by atoms with Crippen molar-refractivity contribution in [1.29, 1.82) is 5.26 Å². The van der Waals surface area contributed by atoms with Crippen LogP contribution in [0.4, 0.5) is 17.1 Å². The van der Waals surface area contributed by atoms with Gasteiger partial charge in [0, 0.05) is 61.7 Å². The molecule has 41 heavy (non-hydrogen) atoms. The van der Waals surface area contributed by atoms with Crippen molar-refractivity contribution in [2.24, 2.45) is 5.92 Å². The number of nitrogens with zero attached hydrogens (tertiary/aromatic N) is 2. The van der Waals surface area contributed by atoms with E-state index in [0.29, 0.717) is 23.0 Å². The molecular weight excluding hydrogens is 540 g/mol. The first-order valence-corrected chi connectivity index (χ1v) is 14.0. The van der Waals surface area contributed by atoms with Crippen LogP contribution in [0.25, 0.3) is 10.4 Å². The Morgan fingerprint density at radius 1 is 0.805 bits per heavy atom. The number of carbonyl (C=O) groups is 1. The minimum atomic E-state index is -1.11. The molecule has 0 spiro atoms. The molecule has 8 nitrogen and oxygen atoms in total. The fourth-order valence-corrected chi connectivity index (χ4v) is 6.01. The van der Waals surface area contributed by atoms with E-state index in [9.17, 15) is 9.90 Å². The van der Waals surface area contributed by atoms with Crippen molar-refractivity contribution in [1.82, 2.24) is 0 Å². The summed E-state index contributed by atoms with van der Waals surface area (Å²) in [5.41, 5.74) is 3.67. The van der Waals surface area contributed by atoms with Crippen LogP contribution in [0.1, 0.15) is 32.6 Å². The predicted octanol–water partition coefficient (Wildman–Crippen LogP) is 7.67. The molecular formula is C32H28N2O6S. The lowest BCUT2D eigenvalue weighted by atomic mass is 10.1. The normalized spacial score (nSPS) is 16.2. The van der Waals surface area contributed by atoms with E-state index in [-0.39, 0.29) is 6.42 Å². The van der Waals surface area contributed by atoms with Crippen LogP contribution in [0.3, 0.4) is 0 Å². The SMILES string of the molecule is CC1(C)Oc2ccc(N(c3ccc(-c4ccc(CC(C#N)C(=O)O)s4)cc3)c3ccc4c(c3)OC(C)(C)O4)cc2O1. The van der Waals surface area contributed by atoms with Crippen LogP contribution in [-0.4, -0.2) is 22.7 Å². The van der Waals surface area contributed by atoms with Gasteiger partial charge >= 0.3 is 5.97 Å². The van der Waals surface area contributed by atoms with Gasteiger partial charge in [0.05, 0.1) is 17.4 Å². The number of aliphatic carboxylic acids is 1. The number of hydrogen-bond acceptors (Lipinski definition) is 8. The van der Waals surface area contributed by atoms with Crippen LogP contribution in [0.15, 0.2) is 72.8 Å². The van der Waals surface area contributed by atoms with Crippen molar-refractivity contribution >= 4 is 34.4 Å². The molecule has 0 amide bonds. The zero-order valence-electron chi connectivity index (χ0n) is 23.0. The van der Waals surface area contributed by atoms with Crippen LogP contribution in [0.5, 0.6) is 23.0 Å². The molecule has 6 rings (SSSR count). The Bertz CT molecular complexity index is 1620. The number of carboxylic acid groups (broad SMARTS) is 1. The molecule has 0 radical (unpaired) electrons. The van der Waals surface area contributed by atoms with Gasteiger partial charge in [0.2, 0.25) is 11.6 Å². The maximum atomic E-state index is 11.3. The smallest absolute Gasteiger partial charge is 0.321 e. The molecule has 1 aromatic heterocycles. The first-order valence-electron chi connectivity index (χ1n) is 13.2. The Hall–Kier alpha value is -4.68. The van der Waals surface area contributed by atoms with Gasteiger partial charge in [-0.25, -0.2) is 0 Å². The largest absolute Gasteiger partial charge is 0.480 e. The van der Waals surface area contributed by atoms with E-state index in [1.54, 1.807) is 0 Å². The summed E-state index contributed by atoms with van der Waals surface area (Å²) in [6.07, 6.45) is 0.185. The zero-order chi connectivity index (χ0) is 28.9. The topological polar surface area (TPSA) is 101 Å². The lowest BCUT2D eigenvalue weighted by Crippen LogP contribution is -2.29. The van der Waals surface area contributed by atoms with E-state index in [2.05, 4.69) is 4.90 Å². The van der Waals surface area contributed by atoms with Gasteiger partial charge in [0.1, 0.15) is 5.92 Å². The minimum Gasteiger partial charge on any atom is -0.480 e. The van der Waals surface area contributed by atoms with Crippen molar-refractivity contribution in [3.05, 3.63) is 77.7 Å². The first-order chi connectivity index (χ1) is 19.5. The average Bonchev–Trinajstić information content (AvgIpc) is 3.59. The predicted molar refractivity (Wildman–Crippen MR) is 156 cm³/mol. The molecule has 0 fully saturated rings. The lowest BCUT2D eigenvalue weighted by molar-refractivity contribution is -0.139. The molecule has 4 aromatic rings. The highest BCUT2D eigenvalue weighted by Gasteiger charge is 2.34. The second-order valence-corrected chi connectivity index (χ2v) is 12.0. The summed E-state index contributed by atoms with van der Waals surface area (Å²) < 4.78 is 23.9. The summed E-state index contributed by atoms with van der Waals surface area (Å²) in [6.45, 7) is 7.50. The first kappa shape index (κ1) is 26.5. The lowest BCUT2D eigenvalue weighted by Gasteiger charge is -2.26. The second kappa shape index (κ2) is 9.75. The molecule has 0 saturated heterocycles. The van der Waals surface area contributed by atoms with Crippen LogP contribution >= 0.6 is 11.3 Å². The van der Waals surface area contributed by atoms with Gasteiger partial charge in [-0.15, -0.1) is 11.3 Å². The van der Waals surface area contributed by atoms with E-state index in [1.807, 2.05) is 107 Å². The summed E-state index contributed by atoms with van der Waals surface area (Å²) in [6, 6.07) is 25.6. The van der Waals surface area contributed by atoms with Crippen molar-refractivity contribution in [2.45, 2.75) is 45.7 Å². The fraction of sp³-hybridized carbons (Fsp3) is 0.250. The number of fused-ring (bicyclic) bond motifs is 2. The summed E-state index contributed by atoms with van der Waals surface area (Å²) in [7, 11) is 0. The van der Waals surface area contributed by atoms with Gasteiger partial charge in [-0.1, -0.05) is 12.1 Å². The Labute approximate surface area is 241 Å². The van der Waals surface area contributed by atoms with Crippen molar-refractivity contribution in [3.8, 4) is 39.5 Å². The molecule has 0 saturated carbocycles. The number of anilines is 3. The molecule has 2 aliphatic rings. The average molecular weight is 569 g/mol. The van der Waals surface area contributed by atoms with E-state index < -0.39 is 23.5 Å². The van der Waals surface area contributed by atoms with E-state index in [0.717, 1.165) is 32.4 Å². The maximum absolute atomic E-state index is 11.3. The number of benzene rings is 3. The highest BCUT2D eigenvalue weighted by molar-refractivity contribution is 7.15. The van der Waals surface area contributed by atoms with Crippen LogP contribution in [0.2, 0.25) is 0 Å². The molecule has 208 valence electrons. The van der Waals surface area contributed by atoms with E-state index in [1.165, 1.54) is 11.3 Å². The standard InChI is InChI=1S/C32H28N2O6S/c1-31(2)37-25-12-9-22(16-27(25)39-31)34(23-10-13-26-28(17-23)40-32(3,4)38-26)21-7-5-19(6-8-21)29-14-11-24(41-29)15-20(18-33)30(35)36/h5-14,16-17,20H,15H2,1-4H3,(H,35,36). The maximum Gasteiger partial charge on any atom is 0.321 e. The monoisotopic (exact) mass is 568 g/mol. The quantitative estimate of drug-likeness (QED) is 0.242. The third-order valence-electron chi connectivity index (χ3n) is 6.72. The number of ether oxygens (including phenoxy) is 4. The van der Waals surface area contributed by atoms with Crippen molar-refractivity contribution in [2.75, 3.05) is 4.90 Å². The van der Waals surface area contributed by atoms with Crippen molar-refractivity contribution in [3.63, 3.8) is 0 Å². The summed E-state index contributed by atoms with van der Waals surface area (Å²) >= 11 is 1.49. The molecule has 2 aliphatic heterocycles. The minimum absolute atomic E-state index is 0.185. The van der Waals surface area contributed by atoms with Gasteiger partial charge in [-0.05, 0) is 54.1 Å². The molecule has 9 heteroatoms. The number of hydrogen-bond donors (Lipinski definition) is 1. The van der Waals surface area contributed by atoms with Crippen LogP contribution in [0, 0.1) is 17.2 Å². The highest BCUT2D eigenvalue weighted by Crippen LogP contribution is 2.47. The molecule has 3 heterocycles. The zero-order valence-corrected chi connectivity index (χ0v) is 23.8. The van der Waals surface area contributed by atoms with Gasteiger partial charge in [-0.2, -0.15) is 5.26 Å². The van der Waals surface area contributed by atoms with Crippen LogP contribution in [-0.2, 0) is 11.2 Å². The van der Waals surface area contributed by atoms with Gasteiger partial charge in [-0.3, -0.25) is 4.79 Å². The summed E-state index contributed by atoms with van der Waals surface area (Å²) in [4.78, 5) is 15.2. The molecule has 1 atom stereocenters. The Morgan fingerprint density at radius 3 is 1.83 bits per heavy atom. The molecule has 0 bridgehead atoms. The van der Waals surface area contributed by atoms with E-state index in [4.69, 9.17) is 24.2 Å². The van der Waals surface area contributed by atoms with Gasteiger partial charge < -0.3 is 29.0 Å². The van der Waals surface area contributed by atoms with Crippen LogP contribution < -0.4 is 23.8 Å². The molecule has 1 N–H and O–H groups in total. The Morgan fingerprint density at radius 2 is 1.32 bits per heavy atom. The third kappa shape index (κ3) is 5.26. The Kier molecular flexibility index (Phi) is 6.31. The Balaban J connectivity index is 1.35. The number of carboxylic acids is 1. The van der Waals surface area contributed by atoms with E-state index >= 15 is 0 Å². The fourth-order valence-electron chi connectivity index (χ4n) is 4.95. The number of nitriles is 1. The van der Waals surface area contributed by atoms with Crippen molar-refractivity contribution < 1.29 is 28.8 Å². The molecule has 0 aliphatic carbocycles. The summed E-state index contributed by atoms with van der Waals surface area (Å²) in [5, 5.41) is 18.4. The van der Waals surface area contributed by atoms with Gasteiger partial charge in [0.15, 0.2) is 23.0 Å².